The Kier molecular flexibility index (Phi) is 4.90. The van der Waals surface area contributed by atoms with E-state index in [1.165, 1.54) is 4.88 Å². The second-order valence-electron chi connectivity index (χ2n) is 6.37. The molecular formula is C19H21NO4S. The van der Waals surface area contributed by atoms with Gasteiger partial charge in [0.2, 0.25) is 12.7 Å². The van der Waals surface area contributed by atoms with Crippen LogP contribution in [-0.2, 0) is 16.0 Å². The highest BCUT2D eigenvalue weighted by molar-refractivity contribution is 7.10. The monoisotopic (exact) mass is 359 g/mol. The molecule has 2 aliphatic rings. The third kappa shape index (κ3) is 3.80. The molecule has 1 aromatic carbocycles. The Labute approximate surface area is 150 Å². The molecule has 5 nitrogen and oxygen atoms in total. The van der Waals surface area contributed by atoms with Crippen LogP contribution < -0.4 is 14.8 Å². The van der Waals surface area contributed by atoms with Crippen LogP contribution in [0.3, 0.4) is 0 Å². The summed E-state index contributed by atoms with van der Waals surface area (Å²) in [5, 5.41) is 5.31. The molecule has 132 valence electrons. The van der Waals surface area contributed by atoms with Crippen molar-refractivity contribution in [2.24, 2.45) is 5.92 Å². The summed E-state index contributed by atoms with van der Waals surface area (Å²) in [5.41, 5.74) is 0.929. The Morgan fingerprint density at radius 2 is 2.04 bits per heavy atom. The van der Waals surface area contributed by atoms with Gasteiger partial charge in [-0.1, -0.05) is 12.1 Å². The summed E-state index contributed by atoms with van der Waals surface area (Å²) in [6.07, 6.45) is 2.29. The summed E-state index contributed by atoms with van der Waals surface area (Å²) < 4.78 is 16.2. The molecule has 0 aliphatic carbocycles. The maximum Gasteiger partial charge on any atom is 0.231 e. The third-order valence-corrected chi connectivity index (χ3v) is 5.66. The van der Waals surface area contributed by atoms with E-state index in [0.29, 0.717) is 18.1 Å². The first-order valence-electron chi connectivity index (χ1n) is 8.58. The lowest BCUT2D eigenvalue weighted by Crippen LogP contribution is -2.36. The van der Waals surface area contributed by atoms with Crippen LogP contribution in [0, 0.1) is 5.92 Å². The van der Waals surface area contributed by atoms with Crippen LogP contribution in [0.2, 0.25) is 0 Å². The zero-order valence-electron chi connectivity index (χ0n) is 13.9. The second kappa shape index (κ2) is 7.45. The van der Waals surface area contributed by atoms with E-state index in [-0.39, 0.29) is 18.7 Å². The molecule has 1 amide bonds. The van der Waals surface area contributed by atoms with Gasteiger partial charge in [0.1, 0.15) is 0 Å². The number of amides is 1. The van der Waals surface area contributed by atoms with Gasteiger partial charge in [-0.3, -0.25) is 4.79 Å². The quantitative estimate of drug-likeness (QED) is 0.890. The van der Waals surface area contributed by atoms with Gasteiger partial charge in [-0.05, 0) is 47.9 Å². The van der Waals surface area contributed by atoms with Gasteiger partial charge in [-0.2, -0.15) is 0 Å². The predicted octanol–water partition coefficient (Wildman–Crippen LogP) is 3.30. The van der Waals surface area contributed by atoms with Gasteiger partial charge >= 0.3 is 0 Å². The third-order valence-electron chi connectivity index (χ3n) is 4.71. The van der Waals surface area contributed by atoms with Gasteiger partial charge in [0.25, 0.3) is 0 Å². The van der Waals surface area contributed by atoms with E-state index in [1.54, 1.807) is 11.3 Å². The molecule has 6 heteroatoms. The first kappa shape index (κ1) is 16.4. The lowest BCUT2D eigenvalue weighted by atomic mass is 9.90. The summed E-state index contributed by atoms with van der Waals surface area (Å²) in [6, 6.07) is 9.87. The van der Waals surface area contributed by atoms with E-state index in [4.69, 9.17) is 14.2 Å². The summed E-state index contributed by atoms with van der Waals surface area (Å²) >= 11 is 1.70. The SMILES string of the molecule is O=C(Cc1ccc2c(c1)OCO2)NC(c1cccs1)C1CCOCC1. The van der Waals surface area contributed by atoms with E-state index in [1.807, 2.05) is 24.3 Å². The molecule has 0 spiro atoms. The number of rotatable bonds is 5. The zero-order valence-corrected chi connectivity index (χ0v) is 14.7. The van der Waals surface area contributed by atoms with Crippen LogP contribution in [0.5, 0.6) is 11.5 Å². The molecule has 2 aliphatic heterocycles. The van der Waals surface area contributed by atoms with Crippen LogP contribution in [-0.4, -0.2) is 25.9 Å². The number of thiophene rings is 1. The highest BCUT2D eigenvalue weighted by Crippen LogP contribution is 2.34. The van der Waals surface area contributed by atoms with Crippen LogP contribution in [0.4, 0.5) is 0 Å². The number of benzene rings is 1. The highest BCUT2D eigenvalue weighted by atomic mass is 32.1. The van der Waals surface area contributed by atoms with Crippen LogP contribution in [0.1, 0.15) is 29.3 Å². The van der Waals surface area contributed by atoms with Crippen molar-refractivity contribution >= 4 is 17.2 Å². The predicted molar refractivity (Wildman–Crippen MR) is 95.0 cm³/mol. The Hall–Kier alpha value is -2.05. The van der Waals surface area contributed by atoms with Crippen LogP contribution in [0.25, 0.3) is 0 Å². The van der Waals surface area contributed by atoms with Crippen molar-refractivity contribution in [2.45, 2.75) is 25.3 Å². The first-order valence-corrected chi connectivity index (χ1v) is 9.46. The van der Waals surface area contributed by atoms with Crippen LogP contribution in [0.15, 0.2) is 35.7 Å². The van der Waals surface area contributed by atoms with Crippen molar-refractivity contribution in [3.8, 4) is 11.5 Å². The fourth-order valence-corrected chi connectivity index (χ4v) is 4.27. The summed E-state index contributed by atoms with van der Waals surface area (Å²) in [4.78, 5) is 13.9. The van der Waals surface area contributed by atoms with E-state index in [9.17, 15) is 4.79 Å². The normalized spacial score (nSPS) is 18.1. The molecule has 1 unspecified atom stereocenters. The first-order chi connectivity index (χ1) is 12.3. The van der Waals surface area contributed by atoms with Crippen molar-refractivity contribution in [1.29, 1.82) is 0 Å². The standard InChI is InChI=1S/C19H21NO4S/c21-18(11-13-3-4-15-16(10-13)24-12-23-15)20-19(17-2-1-9-25-17)14-5-7-22-8-6-14/h1-4,9-10,14,19H,5-8,11-12H2,(H,20,21). The molecule has 4 rings (SSSR count). The van der Waals surface area contributed by atoms with E-state index in [2.05, 4.69) is 16.8 Å². The molecule has 1 N–H and O–H groups in total. The van der Waals surface area contributed by atoms with Gasteiger partial charge in [-0.15, -0.1) is 11.3 Å². The smallest absolute Gasteiger partial charge is 0.231 e. The zero-order chi connectivity index (χ0) is 17.1. The number of fused-ring (bicyclic) bond motifs is 1. The number of ether oxygens (including phenoxy) is 3. The van der Waals surface area contributed by atoms with E-state index < -0.39 is 0 Å². The summed E-state index contributed by atoms with van der Waals surface area (Å²) in [5.74, 6) is 1.91. The van der Waals surface area contributed by atoms with Crippen molar-refractivity contribution in [1.82, 2.24) is 5.32 Å². The average molecular weight is 359 g/mol. The largest absolute Gasteiger partial charge is 0.454 e. The fraction of sp³-hybridized carbons (Fsp3) is 0.421. The Balaban J connectivity index is 1.45. The molecule has 1 fully saturated rings. The molecule has 1 atom stereocenters. The van der Waals surface area contributed by atoms with Gasteiger partial charge in [0.15, 0.2) is 11.5 Å². The molecule has 25 heavy (non-hydrogen) atoms. The lowest BCUT2D eigenvalue weighted by molar-refractivity contribution is -0.121. The number of nitrogens with one attached hydrogen (secondary N) is 1. The van der Waals surface area contributed by atoms with Gasteiger partial charge in [0.05, 0.1) is 12.5 Å². The molecule has 0 saturated carbocycles. The molecule has 0 bridgehead atoms. The van der Waals surface area contributed by atoms with Crippen LogP contribution >= 0.6 is 11.3 Å². The van der Waals surface area contributed by atoms with E-state index in [0.717, 1.165) is 37.4 Å². The fourth-order valence-electron chi connectivity index (χ4n) is 3.40. The molecule has 3 heterocycles. The van der Waals surface area contributed by atoms with Crippen molar-refractivity contribution in [3.05, 3.63) is 46.2 Å². The minimum Gasteiger partial charge on any atom is -0.454 e. The minimum absolute atomic E-state index is 0.0313. The van der Waals surface area contributed by atoms with Crippen molar-refractivity contribution in [2.75, 3.05) is 20.0 Å². The van der Waals surface area contributed by atoms with Gasteiger partial charge in [0, 0.05) is 18.1 Å². The highest BCUT2D eigenvalue weighted by Gasteiger charge is 2.27. The average Bonchev–Trinajstić information content (AvgIpc) is 3.31. The lowest BCUT2D eigenvalue weighted by Gasteiger charge is -2.30. The van der Waals surface area contributed by atoms with Crippen molar-refractivity contribution in [3.63, 3.8) is 0 Å². The molecule has 1 saturated heterocycles. The molecular weight excluding hydrogens is 338 g/mol. The van der Waals surface area contributed by atoms with Gasteiger partial charge in [-0.25, -0.2) is 0 Å². The summed E-state index contributed by atoms with van der Waals surface area (Å²) in [7, 11) is 0. The van der Waals surface area contributed by atoms with E-state index >= 15 is 0 Å². The van der Waals surface area contributed by atoms with Gasteiger partial charge < -0.3 is 19.5 Å². The summed E-state index contributed by atoms with van der Waals surface area (Å²) in [6.45, 7) is 1.78. The maximum absolute atomic E-state index is 12.7. The maximum atomic E-state index is 12.7. The molecule has 0 radical (unpaired) electrons. The molecule has 1 aromatic heterocycles. The molecule has 2 aromatic rings. The Morgan fingerprint density at radius 1 is 1.20 bits per heavy atom. The number of carbonyl (C=O) groups excluding carboxylic acids is 1. The number of hydrogen-bond acceptors (Lipinski definition) is 5. The topological polar surface area (TPSA) is 56.8 Å². The second-order valence-corrected chi connectivity index (χ2v) is 7.35. The Bertz CT molecular complexity index is 725. The number of hydrogen-bond donors (Lipinski definition) is 1. The minimum atomic E-state index is 0.0313. The number of carbonyl (C=O) groups is 1. The van der Waals surface area contributed by atoms with Crippen molar-refractivity contribution < 1.29 is 19.0 Å². The Morgan fingerprint density at radius 3 is 2.84 bits per heavy atom.